The highest BCUT2D eigenvalue weighted by atomic mass is 31.2. The number of carbonyl (C=O) groups excluding carboxylic acids is 1. The van der Waals surface area contributed by atoms with Gasteiger partial charge in [0.2, 0.25) is 0 Å². The second-order valence-electron chi connectivity index (χ2n) is 4.77. The minimum Gasteiger partial charge on any atom is -0.480 e. The number of hydrogen-bond donors (Lipinski definition) is 4. The molecule has 118 valence electrons. The maximum absolute atomic E-state index is 12.1. The Bertz CT molecular complexity index is 780. The molecule has 0 aliphatic heterocycles. The Morgan fingerprint density at radius 2 is 2.09 bits per heavy atom. The Morgan fingerprint density at radius 1 is 1.41 bits per heavy atom. The third-order valence-electron chi connectivity index (χ3n) is 3.01. The van der Waals surface area contributed by atoms with Gasteiger partial charge in [0.25, 0.3) is 5.91 Å². The van der Waals surface area contributed by atoms with E-state index in [9.17, 15) is 14.2 Å². The van der Waals surface area contributed by atoms with Gasteiger partial charge in [0.15, 0.2) is 0 Å². The molecule has 0 saturated carbocycles. The molecule has 0 aliphatic carbocycles. The largest absolute Gasteiger partial charge is 0.480 e. The highest BCUT2D eigenvalue weighted by molar-refractivity contribution is 7.51. The van der Waals surface area contributed by atoms with Crippen LogP contribution >= 0.6 is 7.60 Å². The van der Waals surface area contributed by atoms with Crippen molar-refractivity contribution in [1.29, 1.82) is 0 Å². The zero-order chi connectivity index (χ0) is 16.5. The molecule has 1 atom stereocenters. The highest BCUT2D eigenvalue weighted by Gasteiger charge is 2.29. The molecule has 1 heterocycles. The molecule has 0 fully saturated rings. The van der Waals surface area contributed by atoms with Gasteiger partial charge in [-0.3, -0.25) is 9.36 Å². The van der Waals surface area contributed by atoms with E-state index in [1.807, 2.05) is 0 Å². The fourth-order valence-corrected chi connectivity index (χ4v) is 2.66. The van der Waals surface area contributed by atoms with E-state index in [0.717, 1.165) is 0 Å². The molecule has 2 rings (SSSR count). The van der Waals surface area contributed by atoms with E-state index in [1.165, 1.54) is 12.1 Å². The lowest BCUT2D eigenvalue weighted by Crippen LogP contribution is -2.43. The quantitative estimate of drug-likeness (QED) is 0.563. The Kier molecular flexibility index (Phi) is 4.32. The van der Waals surface area contributed by atoms with Gasteiger partial charge in [0, 0.05) is 12.6 Å². The summed E-state index contributed by atoms with van der Waals surface area (Å²) in [6.45, 7) is 0. The van der Waals surface area contributed by atoms with Crippen LogP contribution in [0.2, 0.25) is 0 Å². The van der Waals surface area contributed by atoms with Crippen LogP contribution in [-0.4, -0.2) is 48.5 Å². The molecule has 2 aromatic rings. The second kappa shape index (κ2) is 5.88. The lowest BCUT2D eigenvalue weighted by Gasteiger charge is -2.15. The molecule has 4 N–H and O–H groups in total. The summed E-state index contributed by atoms with van der Waals surface area (Å²) in [6, 6.07) is 2.91. The number of rotatable bonds is 5. The summed E-state index contributed by atoms with van der Waals surface area (Å²) in [5.41, 5.74) is 1.52. The van der Waals surface area contributed by atoms with Crippen molar-refractivity contribution >= 4 is 30.5 Å². The van der Waals surface area contributed by atoms with Crippen LogP contribution in [0.5, 0.6) is 0 Å². The Balaban J connectivity index is 2.23. The van der Waals surface area contributed by atoms with Gasteiger partial charge < -0.3 is 24.8 Å². The standard InChI is InChI=1S/C12H14N3O6P/c1-15-6-13-8-3-2-7(4-10(8)15)11(16)14-9(12(17)18)5-22(19,20)21/h2-4,6,9H,5H2,1H3,(H,14,16)(H,17,18)(H2,19,20,21). The van der Waals surface area contributed by atoms with Gasteiger partial charge in [-0.1, -0.05) is 0 Å². The summed E-state index contributed by atoms with van der Waals surface area (Å²) in [5.74, 6) is -2.25. The number of nitrogens with one attached hydrogen (secondary N) is 1. The predicted molar refractivity (Wildman–Crippen MR) is 76.5 cm³/mol. The second-order valence-corrected chi connectivity index (χ2v) is 6.47. The third-order valence-corrected chi connectivity index (χ3v) is 3.85. The van der Waals surface area contributed by atoms with Crippen LogP contribution in [-0.2, 0) is 16.4 Å². The molecule has 1 aromatic heterocycles. The number of hydrogen-bond acceptors (Lipinski definition) is 4. The van der Waals surface area contributed by atoms with Gasteiger partial charge in [0.05, 0.1) is 23.5 Å². The van der Waals surface area contributed by atoms with Crippen LogP contribution in [0.3, 0.4) is 0 Å². The fourth-order valence-electron chi connectivity index (χ4n) is 1.93. The van der Waals surface area contributed by atoms with Crippen molar-refractivity contribution in [3.05, 3.63) is 30.1 Å². The van der Waals surface area contributed by atoms with E-state index >= 15 is 0 Å². The number of carbonyl (C=O) groups is 2. The van der Waals surface area contributed by atoms with Gasteiger partial charge >= 0.3 is 13.6 Å². The minimum atomic E-state index is -4.57. The molecule has 10 heteroatoms. The van der Waals surface area contributed by atoms with Crippen molar-refractivity contribution in [3.63, 3.8) is 0 Å². The smallest absolute Gasteiger partial charge is 0.328 e. The average molecular weight is 327 g/mol. The number of aliphatic carboxylic acids is 1. The number of nitrogens with zero attached hydrogens (tertiary/aromatic N) is 2. The number of amides is 1. The average Bonchev–Trinajstić information content (AvgIpc) is 2.77. The summed E-state index contributed by atoms with van der Waals surface area (Å²) in [4.78, 5) is 44.9. The van der Waals surface area contributed by atoms with Gasteiger partial charge in [-0.25, -0.2) is 9.78 Å². The summed E-state index contributed by atoms with van der Waals surface area (Å²) in [6.07, 6.45) is 0.599. The molecule has 1 unspecified atom stereocenters. The van der Waals surface area contributed by atoms with E-state index in [1.54, 1.807) is 24.0 Å². The van der Waals surface area contributed by atoms with Crippen molar-refractivity contribution in [2.75, 3.05) is 6.16 Å². The Morgan fingerprint density at radius 3 is 2.68 bits per heavy atom. The maximum atomic E-state index is 12.1. The van der Waals surface area contributed by atoms with Crippen LogP contribution in [0.25, 0.3) is 11.0 Å². The van der Waals surface area contributed by atoms with E-state index < -0.39 is 31.7 Å². The molecule has 1 amide bonds. The molecule has 0 aliphatic rings. The molecule has 1 aromatic carbocycles. The minimum absolute atomic E-state index is 0.174. The summed E-state index contributed by atoms with van der Waals surface area (Å²) in [7, 11) is -2.83. The number of carboxylic acids is 1. The monoisotopic (exact) mass is 327 g/mol. The van der Waals surface area contributed by atoms with Crippen molar-refractivity contribution in [2.24, 2.45) is 7.05 Å². The lowest BCUT2D eigenvalue weighted by atomic mass is 10.1. The van der Waals surface area contributed by atoms with Gasteiger partial charge in [0.1, 0.15) is 6.04 Å². The molecule has 0 bridgehead atoms. The first-order chi connectivity index (χ1) is 10.2. The SMILES string of the molecule is Cn1cnc2ccc(C(=O)NC(CP(=O)(O)O)C(=O)O)cc21. The van der Waals surface area contributed by atoms with Gasteiger partial charge in [-0.15, -0.1) is 0 Å². The van der Waals surface area contributed by atoms with Gasteiger partial charge in [-0.05, 0) is 18.2 Å². The highest BCUT2D eigenvalue weighted by Crippen LogP contribution is 2.35. The van der Waals surface area contributed by atoms with Crippen LogP contribution in [0.15, 0.2) is 24.5 Å². The molecule has 22 heavy (non-hydrogen) atoms. The van der Waals surface area contributed by atoms with Crippen LogP contribution < -0.4 is 5.32 Å². The molecule has 0 radical (unpaired) electrons. The molecular weight excluding hydrogens is 313 g/mol. The molecular formula is C12H14N3O6P. The van der Waals surface area contributed by atoms with Crippen molar-refractivity contribution in [3.8, 4) is 0 Å². The summed E-state index contributed by atoms with van der Waals surface area (Å²) < 4.78 is 12.6. The first kappa shape index (κ1) is 16.2. The van der Waals surface area contributed by atoms with E-state index in [2.05, 4.69) is 10.3 Å². The fraction of sp³-hybridized carbons (Fsp3) is 0.250. The zero-order valence-electron chi connectivity index (χ0n) is 11.5. The number of aromatic nitrogens is 2. The number of fused-ring (bicyclic) bond motifs is 1. The number of benzene rings is 1. The number of carboxylic acid groups (broad SMARTS) is 1. The van der Waals surface area contributed by atoms with Crippen molar-refractivity contribution < 1.29 is 29.0 Å². The number of aryl methyl sites for hydroxylation is 1. The van der Waals surface area contributed by atoms with Crippen LogP contribution in [0, 0.1) is 0 Å². The topological polar surface area (TPSA) is 142 Å². The zero-order valence-corrected chi connectivity index (χ0v) is 12.4. The lowest BCUT2D eigenvalue weighted by molar-refractivity contribution is -0.138. The Hall–Kier alpha value is -2.22. The van der Waals surface area contributed by atoms with Crippen LogP contribution in [0.1, 0.15) is 10.4 Å². The number of imidazole rings is 1. The van der Waals surface area contributed by atoms with E-state index in [4.69, 9.17) is 14.9 Å². The Labute approximate surface area is 124 Å². The maximum Gasteiger partial charge on any atom is 0.328 e. The van der Waals surface area contributed by atoms with E-state index in [0.29, 0.717) is 11.0 Å². The molecule has 0 saturated heterocycles. The summed E-state index contributed by atoms with van der Waals surface area (Å²) >= 11 is 0. The van der Waals surface area contributed by atoms with Gasteiger partial charge in [-0.2, -0.15) is 0 Å². The van der Waals surface area contributed by atoms with E-state index in [-0.39, 0.29) is 5.56 Å². The summed E-state index contributed by atoms with van der Waals surface area (Å²) in [5, 5.41) is 11.0. The van der Waals surface area contributed by atoms with Crippen LogP contribution in [0.4, 0.5) is 0 Å². The van der Waals surface area contributed by atoms with Crippen molar-refractivity contribution in [1.82, 2.24) is 14.9 Å². The first-order valence-corrected chi connectivity index (χ1v) is 7.96. The normalized spacial score (nSPS) is 13.0. The predicted octanol–water partition coefficient (Wildman–Crippen LogP) is -0.0660. The third kappa shape index (κ3) is 3.70. The molecule has 9 nitrogen and oxygen atoms in total. The van der Waals surface area contributed by atoms with Crippen molar-refractivity contribution in [2.45, 2.75) is 6.04 Å². The first-order valence-electron chi connectivity index (χ1n) is 6.17. The molecule has 0 spiro atoms.